The number of benzene rings is 1. The first-order valence-electron chi connectivity index (χ1n) is 4.84. The molecule has 7 heteroatoms. The minimum atomic E-state index is -0.347. The molecule has 0 saturated heterocycles. The molecular formula is C11H7Cl3N2OS. The van der Waals surface area contributed by atoms with Crippen molar-refractivity contribution in [3.05, 3.63) is 49.9 Å². The second-order valence-corrected chi connectivity index (χ2v) is 5.61. The highest BCUT2D eigenvalue weighted by molar-refractivity contribution is 7.99. The summed E-state index contributed by atoms with van der Waals surface area (Å²) in [7, 11) is 1.62. The molecule has 1 heterocycles. The van der Waals surface area contributed by atoms with Gasteiger partial charge in [-0.25, -0.2) is 4.98 Å². The summed E-state index contributed by atoms with van der Waals surface area (Å²) in [6.45, 7) is 0. The van der Waals surface area contributed by atoms with Crippen LogP contribution in [0.2, 0.25) is 15.2 Å². The highest BCUT2D eigenvalue weighted by Gasteiger charge is 2.10. The molecule has 0 spiro atoms. The lowest BCUT2D eigenvalue weighted by Crippen LogP contribution is -2.19. The topological polar surface area (TPSA) is 34.9 Å². The molecule has 0 aliphatic heterocycles. The van der Waals surface area contributed by atoms with Gasteiger partial charge < -0.3 is 4.57 Å². The molecule has 2 aromatic rings. The van der Waals surface area contributed by atoms with Crippen LogP contribution in [0.15, 0.2) is 39.1 Å². The molecule has 0 atom stereocenters. The Bertz CT molecular complexity index is 657. The van der Waals surface area contributed by atoms with Gasteiger partial charge in [0.05, 0.1) is 16.2 Å². The largest absolute Gasteiger partial charge is 0.302 e. The summed E-state index contributed by atoms with van der Waals surface area (Å²) in [5.74, 6) is 0. The highest BCUT2D eigenvalue weighted by atomic mass is 35.5. The van der Waals surface area contributed by atoms with Crippen LogP contribution in [0.25, 0.3) is 0 Å². The van der Waals surface area contributed by atoms with E-state index in [4.69, 9.17) is 34.8 Å². The quantitative estimate of drug-likeness (QED) is 0.841. The molecule has 0 fully saturated rings. The van der Waals surface area contributed by atoms with Crippen LogP contribution in [-0.4, -0.2) is 9.55 Å². The lowest BCUT2D eigenvalue weighted by molar-refractivity contribution is 0.746. The first kappa shape index (κ1) is 13.7. The summed E-state index contributed by atoms with van der Waals surface area (Å²) in [6, 6.07) is 5.31. The van der Waals surface area contributed by atoms with Gasteiger partial charge in [-0.1, -0.05) is 52.6 Å². The fraction of sp³-hybridized carbons (Fsp3) is 0.0909. The zero-order valence-electron chi connectivity index (χ0n) is 9.15. The van der Waals surface area contributed by atoms with Crippen molar-refractivity contribution in [3.63, 3.8) is 0 Å². The van der Waals surface area contributed by atoms with Crippen molar-refractivity contribution in [2.24, 2.45) is 7.05 Å². The lowest BCUT2D eigenvalue weighted by atomic mass is 10.4. The van der Waals surface area contributed by atoms with E-state index in [2.05, 4.69) is 4.98 Å². The third-order valence-electron chi connectivity index (χ3n) is 2.23. The molecule has 1 aromatic heterocycles. The Morgan fingerprint density at radius 2 is 2.00 bits per heavy atom. The first-order chi connectivity index (χ1) is 8.50. The Balaban J connectivity index is 2.44. The summed E-state index contributed by atoms with van der Waals surface area (Å²) in [4.78, 5) is 16.2. The first-order valence-corrected chi connectivity index (χ1v) is 6.79. The number of rotatable bonds is 2. The molecule has 0 unspecified atom stereocenters. The molecule has 2 rings (SSSR count). The smallest absolute Gasteiger partial charge is 0.288 e. The van der Waals surface area contributed by atoms with E-state index in [0.717, 1.165) is 4.90 Å². The van der Waals surface area contributed by atoms with Gasteiger partial charge >= 0.3 is 0 Å². The van der Waals surface area contributed by atoms with Crippen LogP contribution in [0.5, 0.6) is 0 Å². The monoisotopic (exact) mass is 320 g/mol. The van der Waals surface area contributed by atoms with Gasteiger partial charge in [0, 0.05) is 11.9 Å². The molecule has 0 saturated carbocycles. The van der Waals surface area contributed by atoms with Gasteiger partial charge in [0.1, 0.15) is 5.03 Å². The van der Waals surface area contributed by atoms with E-state index in [1.807, 2.05) is 6.07 Å². The molecule has 0 radical (unpaired) electrons. The van der Waals surface area contributed by atoms with Crippen LogP contribution >= 0.6 is 46.6 Å². The predicted octanol–water partition coefficient (Wildman–Crippen LogP) is 3.89. The summed E-state index contributed by atoms with van der Waals surface area (Å²) in [5, 5.41) is 1.49. The Kier molecular flexibility index (Phi) is 4.22. The van der Waals surface area contributed by atoms with Gasteiger partial charge in [0.15, 0.2) is 5.15 Å². The van der Waals surface area contributed by atoms with Crippen molar-refractivity contribution in [1.82, 2.24) is 9.55 Å². The van der Waals surface area contributed by atoms with Gasteiger partial charge in [-0.2, -0.15) is 0 Å². The van der Waals surface area contributed by atoms with Crippen molar-refractivity contribution >= 4 is 46.6 Å². The fourth-order valence-corrected chi connectivity index (χ4v) is 2.81. The van der Waals surface area contributed by atoms with E-state index in [0.29, 0.717) is 15.1 Å². The Hall–Kier alpha value is -0.680. The number of nitrogens with zero attached hydrogens (tertiary/aromatic N) is 2. The molecule has 0 aliphatic rings. The van der Waals surface area contributed by atoms with E-state index in [-0.39, 0.29) is 10.7 Å². The van der Waals surface area contributed by atoms with Crippen molar-refractivity contribution in [2.75, 3.05) is 0 Å². The van der Waals surface area contributed by atoms with Gasteiger partial charge in [-0.15, -0.1) is 0 Å². The maximum absolute atomic E-state index is 11.6. The predicted molar refractivity (Wildman–Crippen MR) is 75.1 cm³/mol. The average molecular weight is 322 g/mol. The normalized spacial score (nSPS) is 10.7. The fourth-order valence-electron chi connectivity index (χ4n) is 1.26. The molecule has 3 nitrogen and oxygen atoms in total. The Morgan fingerprint density at radius 1 is 1.28 bits per heavy atom. The molecule has 0 bridgehead atoms. The van der Waals surface area contributed by atoms with Gasteiger partial charge in [-0.05, 0) is 12.1 Å². The van der Waals surface area contributed by atoms with Crippen LogP contribution in [0.4, 0.5) is 0 Å². The second kappa shape index (κ2) is 5.53. The number of aromatic nitrogens is 2. The van der Waals surface area contributed by atoms with Crippen LogP contribution < -0.4 is 5.56 Å². The summed E-state index contributed by atoms with van der Waals surface area (Å²) < 4.78 is 1.41. The molecular weight excluding hydrogens is 315 g/mol. The van der Waals surface area contributed by atoms with Crippen molar-refractivity contribution in [1.29, 1.82) is 0 Å². The maximum Gasteiger partial charge on any atom is 0.288 e. The SMILES string of the molecule is Cn1c(Sc2cccc(Cl)c2Cl)cnc(Cl)c1=O. The maximum atomic E-state index is 11.6. The third-order valence-corrected chi connectivity index (χ3v) is 4.57. The van der Waals surface area contributed by atoms with Crippen molar-refractivity contribution < 1.29 is 0 Å². The van der Waals surface area contributed by atoms with Gasteiger partial charge in [0.25, 0.3) is 5.56 Å². The zero-order valence-corrected chi connectivity index (χ0v) is 12.2. The van der Waals surface area contributed by atoms with Gasteiger partial charge in [0.2, 0.25) is 0 Å². The zero-order chi connectivity index (χ0) is 13.3. The van der Waals surface area contributed by atoms with E-state index in [1.54, 1.807) is 19.2 Å². The van der Waals surface area contributed by atoms with E-state index < -0.39 is 0 Å². The third kappa shape index (κ3) is 2.67. The summed E-state index contributed by atoms with van der Waals surface area (Å²) in [6.07, 6.45) is 1.52. The lowest BCUT2D eigenvalue weighted by Gasteiger charge is -2.08. The molecule has 0 amide bonds. The summed E-state index contributed by atoms with van der Waals surface area (Å²) in [5.41, 5.74) is -0.347. The minimum absolute atomic E-state index is 0.0564. The van der Waals surface area contributed by atoms with Crippen LogP contribution in [-0.2, 0) is 7.05 Å². The minimum Gasteiger partial charge on any atom is -0.302 e. The highest BCUT2D eigenvalue weighted by Crippen LogP contribution is 2.36. The number of halogens is 3. The van der Waals surface area contributed by atoms with E-state index in [1.165, 1.54) is 22.5 Å². The Labute approximate surface area is 123 Å². The van der Waals surface area contributed by atoms with Crippen LogP contribution in [0.1, 0.15) is 0 Å². The number of hydrogen-bond donors (Lipinski definition) is 0. The molecule has 0 N–H and O–H groups in total. The Morgan fingerprint density at radius 3 is 2.72 bits per heavy atom. The number of hydrogen-bond acceptors (Lipinski definition) is 3. The van der Waals surface area contributed by atoms with Crippen molar-refractivity contribution in [3.8, 4) is 0 Å². The standard InChI is InChI=1S/C11H7Cl3N2OS/c1-16-8(5-15-10(14)11(16)17)18-7-4-2-3-6(12)9(7)13/h2-5H,1H3. The molecule has 94 valence electrons. The van der Waals surface area contributed by atoms with E-state index >= 15 is 0 Å². The molecule has 0 aliphatic carbocycles. The average Bonchev–Trinajstić information content (AvgIpc) is 2.35. The molecule has 18 heavy (non-hydrogen) atoms. The summed E-state index contributed by atoms with van der Waals surface area (Å²) >= 11 is 19.0. The van der Waals surface area contributed by atoms with Gasteiger partial charge in [-0.3, -0.25) is 4.79 Å². The van der Waals surface area contributed by atoms with Crippen LogP contribution in [0, 0.1) is 0 Å². The van der Waals surface area contributed by atoms with Crippen molar-refractivity contribution in [2.45, 2.75) is 9.92 Å². The van der Waals surface area contributed by atoms with Crippen LogP contribution in [0.3, 0.4) is 0 Å². The molecule has 1 aromatic carbocycles. The van der Waals surface area contributed by atoms with E-state index in [9.17, 15) is 4.79 Å². The second-order valence-electron chi connectivity index (χ2n) is 3.41.